The van der Waals surface area contributed by atoms with Gasteiger partial charge in [-0.25, -0.2) is 4.79 Å². The Labute approximate surface area is 235 Å². The molecular formula is C9H16N3Na3O13P2. The number of aromatic nitrogens is 2. The molecule has 2 heterocycles. The van der Waals surface area contributed by atoms with Crippen molar-refractivity contribution >= 4 is 21.5 Å². The van der Waals surface area contributed by atoms with Crippen LogP contribution in [0.5, 0.6) is 0 Å². The summed E-state index contributed by atoms with van der Waals surface area (Å²) in [5.41, 5.74) is 4.40. The van der Waals surface area contributed by atoms with Crippen molar-refractivity contribution in [2.75, 3.05) is 12.3 Å². The van der Waals surface area contributed by atoms with E-state index in [9.17, 15) is 38.8 Å². The molecule has 1 saturated heterocycles. The summed E-state index contributed by atoms with van der Waals surface area (Å²) in [7, 11) is -11.4. The largest absolute Gasteiger partial charge is 1.00 e. The SMILES string of the molecule is Nc1ccn(C2OC(COP(=O)([O-])OP(=O)([O-])[O-])C(O)C2O)c(=O)n1.O.O.[Na+].[Na+].[Na+]. The molecule has 5 atom stereocenters. The summed E-state index contributed by atoms with van der Waals surface area (Å²) < 4.78 is 34.7. The average Bonchev–Trinajstić information content (AvgIpc) is 2.71. The third-order valence-corrected chi connectivity index (χ3v) is 5.13. The van der Waals surface area contributed by atoms with Crippen LogP contribution >= 0.6 is 15.6 Å². The number of nitrogens with zero attached hydrogens (tertiary/aromatic N) is 2. The summed E-state index contributed by atoms with van der Waals surface area (Å²) in [6.07, 6.45) is -5.19. The second-order valence-corrected chi connectivity index (χ2v) is 7.56. The zero-order valence-corrected chi connectivity index (χ0v) is 23.9. The summed E-state index contributed by atoms with van der Waals surface area (Å²) in [5, 5.41) is 19.8. The second kappa shape index (κ2) is 15.6. The van der Waals surface area contributed by atoms with Crippen molar-refractivity contribution in [3.05, 3.63) is 22.7 Å². The predicted molar refractivity (Wildman–Crippen MR) is 78.3 cm³/mol. The van der Waals surface area contributed by atoms with Gasteiger partial charge in [-0.15, -0.1) is 0 Å². The first-order valence-corrected chi connectivity index (χ1v) is 9.37. The van der Waals surface area contributed by atoms with Crippen molar-refractivity contribution in [2.24, 2.45) is 0 Å². The Hall–Kier alpha value is 1.74. The third-order valence-electron chi connectivity index (χ3n) is 3.06. The van der Waals surface area contributed by atoms with Crippen molar-refractivity contribution in [3.8, 4) is 0 Å². The van der Waals surface area contributed by atoms with Gasteiger partial charge >= 0.3 is 94.4 Å². The van der Waals surface area contributed by atoms with E-state index in [2.05, 4.69) is 13.8 Å². The van der Waals surface area contributed by atoms with Gasteiger partial charge in [0.25, 0.3) is 7.82 Å². The first-order valence-electron chi connectivity index (χ1n) is 6.45. The van der Waals surface area contributed by atoms with Crippen LogP contribution in [0.4, 0.5) is 5.82 Å². The molecule has 2 rings (SSSR count). The van der Waals surface area contributed by atoms with Crippen LogP contribution in [0.3, 0.4) is 0 Å². The van der Waals surface area contributed by atoms with E-state index in [1.807, 2.05) is 0 Å². The van der Waals surface area contributed by atoms with Crippen LogP contribution in [0.25, 0.3) is 0 Å². The second-order valence-electron chi connectivity index (χ2n) is 4.86. The van der Waals surface area contributed by atoms with Crippen LogP contribution in [-0.2, 0) is 22.7 Å². The number of hydrogen-bond acceptors (Lipinski definition) is 13. The molecule has 5 unspecified atom stereocenters. The minimum Gasteiger partial charge on any atom is -0.790 e. The summed E-state index contributed by atoms with van der Waals surface area (Å²) in [5.74, 6) is -0.0988. The van der Waals surface area contributed by atoms with E-state index < -0.39 is 52.5 Å². The molecule has 0 spiro atoms. The molecule has 0 radical (unpaired) electrons. The van der Waals surface area contributed by atoms with E-state index >= 15 is 0 Å². The molecule has 0 bridgehead atoms. The van der Waals surface area contributed by atoms with Crippen LogP contribution in [0, 0.1) is 0 Å². The summed E-state index contributed by atoms with van der Waals surface area (Å²) in [6.45, 7) is -0.993. The molecule has 0 aliphatic carbocycles. The van der Waals surface area contributed by atoms with Gasteiger partial charge in [0.1, 0.15) is 24.1 Å². The summed E-state index contributed by atoms with van der Waals surface area (Å²) in [6, 6.07) is 1.22. The number of rotatable bonds is 6. The Morgan fingerprint density at radius 2 is 1.70 bits per heavy atom. The number of nitrogens with two attached hydrogens (primary N) is 1. The van der Waals surface area contributed by atoms with Crippen molar-refractivity contribution in [3.63, 3.8) is 0 Å². The van der Waals surface area contributed by atoms with Gasteiger partial charge in [0, 0.05) is 6.20 Å². The molecule has 158 valence electrons. The Balaban J connectivity index is -0.000000676. The van der Waals surface area contributed by atoms with Gasteiger partial charge in [-0.05, 0) is 6.07 Å². The van der Waals surface area contributed by atoms with Crippen molar-refractivity contribution in [1.29, 1.82) is 0 Å². The number of aliphatic hydroxyl groups excluding tert-OH is 2. The number of phosphoric ester groups is 1. The number of anilines is 1. The van der Waals surface area contributed by atoms with Crippen LogP contribution < -0.4 is 115 Å². The van der Waals surface area contributed by atoms with Crippen molar-refractivity contribution < 1.29 is 147 Å². The van der Waals surface area contributed by atoms with E-state index in [0.29, 0.717) is 0 Å². The zero-order valence-electron chi connectivity index (χ0n) is 16.1. The van der Waals surface area contributed by atoms with Gasteiger partial charge in [-0.1, -0.05) is 0 Å². The minimum atomic E-state index is -5.87. The predicted octanol–water partition coefficient (Wildman–Crippen LogP) is -14.9. The first kappa shape index (κ1) is 39.0. The van der Waals surface area contributed by atoms with Crippen LogP contribution in [0.1, 0.15) is 6.23 Å². The smallest absolute Gasteiger partial charge is 0.790 e. The molecule has 1 aromatic rings. The molecule has 1 fully saturated rings. The molecule has 1 aliphatic heterocycles. The zero-order chi connectivity index (χ0) is 19.0. The third kappa shape index (κ3) is 11.2. The summed E-state index contributed by atoms with van der Waals surface area (Å²) >= 11 is 0. The molecular weight excluding hydrogens is 489 g/mol. The molecule has 16 nitrogen and oxygen atoms in total. The monoisotopic (exact) mass is 505 g/mol. The van der Waals surface area contributed by atoms with Gasteiger partial charge in [0.15, 0.2) is 6.23 Å². The number of aliphatic hydroxyl groups is 2. The topological polar surface area (TPSA) is 295 Å². The minimum absolute atomic E-state index is 0. The van der Waals surface area contributed by atoms with Gasteiger partial charge in [0.05, 0.1) is 14.4 Å². The number of hydrogen-bond donors (Lipinski definition) is 3. The van der Waals surface area contributed by atoms with E-state index in [4.69, 9.17) is 10.5 Å². The Bertz CT molecular complexity index is 795. The fourth-order valence-electron chi connectivity index (χ4n) is 2.03. The standard InChI is InChI=1S/C9H15N3O11P2.3Na.2H2O/c10-5-1-2-12(9(15)11-5)8-7(14)6(13)4(22-8)3-21-25(19,20)23-24(16,17)18;;;;;/h1-2,4,6-8,13-14H,3H2,(H,19,20)(H2,10,11,15)(H2,16,17,18);;;;2*1H2/q;3*+1;;/p-3. The van der Waals surface area contributed by atoms with E-state index in [1.54, 1.807) is 0 Å². The molecule has 21 heteroatoms. The molecule has 8 N–H and O–H groups in total. The van der Waals surface area contributed by atoms with E-state index in [-0.39, 0.29) is 105 Å². The molecule has 0 aromatic carbocycles. The number of nitrogen functional groups attached to an aromatic ring is 1. The van der Waals surface area contributed by atoms with Gasteiger partial charge < -0.3 is 55.4 Å². The normalized spacial score (nSPS) is 24.6. The van der Waals surface area contributed by atoms with Crippen LogP contribution in [-0.4, -0.2) is 55.6 Å². The molecule has 0 amide bonds. The average molecular weight is 505 g/mol. The number of ether oxygens (including phenoxy) is 1. The van der Waals surface area contributed by atoms with E-state index in [0.717, 1.165) is 10.8 Å². The van der Waals surface area contributed by atoms with Gasteiger partial charge in [0.2, 0.25) is 0 Å². The first-order chi connectivity index (χ1) is 11.4. The van der Waals surface area contributed by atoms with Crippen molar-refractivity contribution in [1.82, 2.24) is 9.55 Å². The van der Waals surface area contributed by atoms with Crippen LogP contribution in [0.2, 0.25) is 0 Å². The van der Waals surface area contributed by atoms with E-state index in [1.165, 1.54) is 6.07 Å². The van der Waals surface area contributed by atoms with Crippen LogP contribution in [0.15, 0.2) is 17.1 Å². The maximum atomic E-state index is 11.7. The Kier molecular flexibility index (Phi) is 20.3. The fraction of sp³-hybridized carbons (Fsp3) is 0.556. The number of phosphoric acid groups is 2. The molecule has 1 aliphatic rings. The maximum absolute atomic E-state index is 11.7. The molecule has 30 heavy (non-hydrogen) atoms. The van der Waals surface area contributed by atoms with Crippen molar-refractivity contribution in [2.45, 2.75) is 24.5 Å². The quantitative estimate of drug-likeness (QED) is 0.239. The molecule has 1 aromatic heterocycles. The van der Waals surface area contributed by atoms with Gasteiger partial charge in [-0.2, -0.15) is 4.98 Å². The summed E-state index contributed by atoms with van der Waals surface area (Å²) in [4.78, 5) is 46.8. The Morgan fingerprint density at radius 3 is 2.17 bits per heavy atom. The maximum Gasteiger partial charge on any atom is 1.00 e. The molecule has 0 saturated carbocycles. The van der Waals surface area contributed by atoms with Gasteiger partial charge in [-0.3, -0.25) is 13.4 Å². The Morgan fingerprint density at radius 1 is 1.17 bits per heavy atom. The fourth-order valence-corrected chi connectivity index (χ4v) is 3.52.